The van der Waals surface area contributed by atoms with Gasteiger partial charge in [0.25, 0.3) is 0 Å². The molecule has 0 aliphatic heterocycles. The molecule has 1 aliphatic rings. The van der Waals surface area contributed by atoms with Crippen molar-refractivity contribution < 1.29 is 0 Å². The number of halogens is 2. The average Bonchev–Trinajstić information content (AvgIpc) is 2.29. The fourth-order valence-corrected chi connectivity index (χ4v) is 2.30. The highest BCUT2D eigenvalue weighted by Gasteiger charge is 2.20. The smallest absolute Gasteiger partial charge is 0.0456 e. The third kappa shape index (κ3) is 1.33. The summed E-state index contributed by atoms with van der Waals surface area (Å²) in [5, 5.41) is 1.46. The Hall–Kier alpha value is -0.240. The maximum atomic E-state index is 6.00. The molecule has 3 heteroatoms. The monoisotopic (exact) mass is 201 g/mol. The summed E-state index contributed by atoms with van der Waals surface area (Å²) in [6, 6.07) is 3.95. The van der Waals surface area contributed by atoms with Gasteiger partial charge in [0.1, 0.15) is 0 Å². The quantitative estimate of drug-likeness (QED) is 0.686. The van der Waals surface area contributed by atoms with Crippen LogP contribution >= 0.6 is 23.2 Å². The second-order valence-electron chi connectivity index (χ2n) is 3.19. The lowest BCUT2D eigenvalue weighted by Crippen LogP contribution is -2.19. The summed E-state index contributed by atoms with van der Waals surface area (Å²) in [6.07, 6.45) is 1.78. The van der Waals surface area contributed by atoms with E-state index >= 15 is 0 Å². The van der Waals surface area contributed by atoms with Crippen molar-refractivity contribution in [3.63, 3.8) is 0 Å². The van der Waals surface area contributed by atoms with E-state index < -0.39 is 0 Å². The standard InChI is InChI=1S/C9H9Cl2N/c10-6-1-5-2-7(12)4-8(5)9(11)3-6/h1,3,7H,2,4,12H2/t7-/m0/s1. The lowest BCUT2D eigenvalue weighted by molar-refractivity contribution is 0.721. The van der Waals surface area contributed by atoms with Gasteiger partial charge in [-0.2, -0.15) is 0 Å². The number of rotatable bonds is 0. The van der Waals surface area contributed by atoms with Crippen LogP contribution in [0.15, 0.2) is 12.1 Å². The van der Waals surface area contributed by atoms with Crippen molar-refractivity contribution in [2.75, 3.05) is 0 Å². The third-order valence-corrected chi connectivity index (χ3v) is 2.76. The van der Waals surface area contributed by atoms with Crippen molar-refractivity contribution in [2.45, 2.75) is 18.9 Å². The van der Waals surface area contributed by atoms with Gasteiger partial charge in [0.2, 0.25) is 0 Å². The molecule has 0 saturated heterocycles. The summed E-state index contributed by atoms with van der Waals surface area (Å²) < 4.78 is 0. The van der Waals surface area contributed by atoms with Gasteiger partial charge in [-0.1, -0.05) is 23.2 Å². The Morgan fingerprint density at radius 1 is 1.25 bits per heavy atom. The lowest BCUT2D eigenvalue weighted by atomic mass is 10.1. The SMILES string of the molecule is N[C@H]1Cc2cc(Cl)cc(Cl)c2C1. The lowest BCUT2D eigenvalue weighted by Gasteiger charge is -2.01. The fourth-order valence-electron chi connectivity index (χ4n) is 1.68. The van der Waals surface area contributed by atoms with Crippen LogP contribution in [0.4, 0.5) is 0 Å². The first-order chi connectivity index (χ1) is 5.66. The van der Waals surface area contributed by atoms with E-state index in [4.69, 9.17) is 28.9 Å². The second-order valence-corrected chi connectivity index (χ2v) is 4.04. The maximum Gasteiger partial charge on any atom is 0.0456 e. The first kappa shape index (κ1) is 8.36. The number of nitrogens with two attached hydrogens (primary N) is 1. The Kier molecular flexibility index (Phi) is 2.03. The highest BCUT2D eigenvalue weighted by atomic mass is 35.5. The van der Waals surface area contributed by atoms with Crippen LogP contribution in [-0.4, -0.2) is 6.04 Å². The van der Waals surface area contributed by atoms with Crippen LogP contribution in [0.1, 0.15) is 11.1 Å². The van der Waals surface area contributed by atoms with Gasteiger partial charge in [0, 0.05) is 16.1 Å². The predicted octanol–water partition coefficient (Wildman–Crippen LogP) is 2.42. The van der Waals surface area contributed by atoms with Gasteiger partial charge in [-0.25, -0.2) is 0 Å². The van der Waals surface area contributed by atoms with E-state index in [1.165, 1.54) is 11.1 Å². The van der Waals surface area contributed by atoms with E-state index in [1.807, 2.05) is 6.07 Å². The molecule has 0 amide bonds. The zero-order valence-electron chi connectivity index (χ0n) is 6.48. The molecule has 1 aromatic rings. The van der Waals surface area contributed by atoms with Crippen molar-refractivity contribution in [3.8, 4) is 0 Å². The molecule has 0 unspecified atom stereocenters. The second kappa shape index (κ2) is 2.91. The van der Waals surface area contributed by atoms with E-state index in [-0.39, 0.29) is 6.04 Å². The first-order valence-corrected chi connectivity index (χ1v) is 4.65. The fraction of sp³-hybridized carbons (Fsp3) is 0.333. The molecule has 1 aromatic carbocycles. The molecule has 0 heterocycles. The van der Waals surface area contributed by atoms with E-state index in [9.17, 15) is 0 Å². The summed E-state index contributed by atoms with van der Waals surface area (Å²) in [4.78, 5) is 0. The van der Waals surface area contributed by atoms with Crippen LogP contribution in [-0.2, 0) is 12.8 Å². The van der Waals surface area contributed by atoms with Crippen LogP contribution in [0.5, 0.6) is 0 Å². The Morgan fingerprint density at radius 2 is 2.00 bits per heavy atom. The highest BCUT2D eigenvalue weighted by Crippen LogP contribution is 2.31. The molecule has 0 fully saturated rings. The van der Waals surface area contributed by atoms with Crippen molar-refractivity contribution in [1.82, 2.24) is 0 Å². The third-order valence-electron chi connectivity index (χ3n) is 2.20. The number of fused-ring (bicyclic) bond motifs is 1. The Morgan fingerprint density at radius 3 is 2.75 bits per heavy atom. The Labute approximate surface area is 81.5 Å². The summed E-state index contributed by atoms with van der Waals surface area (Å²) in [6.45, 7) is 0. The molecule has 0 radical (unpaired) electrons. The molecule has 1 atom stereocenters. The van der Waals surface area contributed by atoms with Crippen LogP contribution in [0.2, 0.25) is 10.0 Å². The van der Waals surface area contributed by atoms with Gasteiger partial charge in [-0.15, -0.1) is 0 Å². The zero-order chi connectivity index (χ0) is 8.72. The molecule has 12 heavy (non-hydrogen) atoms. The van der Waals surface area contributed by atoms with Crippen LogP contribution in [0.3, 0.4) is 0 Å². The molecule has 2 rings (SSSR count). The van der Waals surface area contributed by atoms with Gasteiger partial charge in [0.15, 0.2) is 0 Å². The van der Waals surface area contributed by atoms with Gasteiger partial charge >= 0.3 is 0 Å². The molecule has 0 bridgehead atoms. The summed E-state index contributed by atoms with van der Waals surface area (Å²) in [5.41, 5.74) is 8.19. The van der Waals surface area contributed by atoms with Crippen molar-refractivity contribution in [2.24, 2.45) is 5.73 Å². The van der Waals surface area contributed by atoms with Gasteiger partial charge in [-0.3, -0.25) is 0 Å². The van der Waals surface area contributed by atoms with Crippen LogP contribution in [0, 0.1) is 0 Å². The van der Waals surface area contributed by atoms with E-state index in [1.54, 1.807) is 6.07 Å². The molecule has 1 aliphatic carbocycles. The molecular formula is C9H9Cl2N. The Bertz CT molecular complexity index is 323. The van der Waals surface area contributed by atoms with Crippen molar-refractivity contribution in [1.29, 1.82) is 0 Å². The topological polar surface area (TPSA) is 26.0 Å². The first-order valence-electron chi connectivity index (χ1n) is 3.89. The van der Waals surface area contributed by atoms with E-state index in [2.05, 4.69) is 0 Å². The van der Waals surface area contributed by atoms with Gasteiger partial charge in [-0.05, 0) is 36.1 Å². The molecule has 0 spiro atoms. The van der Waals surface area contributed by atoms with E-state index in [0.717, 1.165) is 17.9 Å². The summed E-state index contributed by atoms with van der Waals surface area (Å²) in [5.74, 6) is 0. The molecule has 1 nitrogen and oxygen atoms in total. The molecule has 0 aromatic heterocycles. The van der Waals surface area contributed by atoms with Gasteiger partial charge < -0.3 is 5.73 Å². The number of benzene rings is 1. The summed E-state index contributed by atoms with van der Waals surface area (Å²) >= 11 is 11.9. The normalized spacial score (nSPS) is 21.1. The minimum atomic E-state index is 0.218. The molecule has 0 saturated carbocycles. The molecule has 64 valence electrons. The van der Waals surface area contributed by atoms with Crippen LogP contribution < -0.4 is 5.73 Å². The van der Waals surface area contributed by atoms with Gasteiger partial charge in [0.05, 0.1) is 0 Å². The Balaban J connectivity index is 2.52. The minimum Gasteiger partial charge on any atom is -0.327 e. The van der Waals surface area contributed by atoms with E-state index in [0.29, 0.717) is 5.02 Å². The average molecular weight is 202 g/mol. The van der Waals surface area contributed by atoms with Crippen molar-refractivity contribution >= 4 is 23.2 Å². The molecule has 2 N–H and O–H groups in total. The number of hydrogen-bond donors (Lipinski definition) is 1. The molecular weight excluding hydrogens is 193 g/mol. The maximum absolute atomic E-state index is 6.00. The zero-order valence-corrected chi connectivity index (χ0v) is 7.99. The van der Waals surface area contributed by atoms with Crippen LogP contribution in [0.25, 0.3) is 0 Å². The highest BCUT2D eigenvalue weighted by molar-refractivity contribution is 6.35. The minimum absolute atomic E-state index is 0.218. The van der Waals surface area contributed by atoms with Crippen molar-refractivity contribution in [3.05, 3.63) is 33.3 Å². The predicted molar refractivity (Wildman–Crippen MR) is 51.8 cm³/mol. The largest absolute Gasteiger partial charge is 0.327 e. The number of hydrogen-bond acceptors (Lipinski definition) is 1. The summed E-state index contributed by atoms with van der Waals surface area (Å²) in [7, 11) is 0.